The molecule has 0 aliphatic heterocycles. The fourth-order valence-electron chi connectivity index (χ4n) is 5.64. The molecule has 0 heterocycles. The van der Waals surface area contributed by atoms with Crippen LogP contribution in [0.3, 0.4) is 0 Å². The van der Waals surface area contributed by atoms with Crippen LogP contribution in [0.4, 0.5) is 0 Å². The molecule has 34 heavy (non-hydrogen) atoms. The largest absolute Gasteiger partial charge is 0.227 e. The standard InChI is InChI=1S/2C9H12Cl2O4S2/c2*10-4-16(12,13)8-6-1-2-7(3-6)9(8)17(14,15)5-11/h2*1-2,6-9H,3-5H2/t2*6-,7+,8-,9-/m10/s1. The van der Waals surface area contributed by atoms with Gasteiger partial charge in [0.25, 0.3) is 0 Å². The zero-order valence-corrected chi connectivity index (χ0v) is 23.9. The predicted octanol–water partition coefficient (Wildman–Crippen LogP) is 2.30. The third-order valence-corrected chi connectivity index (χ3v) is 18.0. The monoisotopic (exact) mass is 636 g/mol. The second-order valence-corrected chi connectivity index (χ2v) is 19.8. The van der Waals surface area contributed by atoms with Gasteiger partial charge in [0.15, 0.2) is 39.3 Å². The van der Waals surface area contributed by atoms with E-state index in [2.05, 4.69) is 0 Å². The summed E-state index contributed by atoms with van der Waals surface area (Å²) < 4.78 is 95.1. The van der Waals surface area contributed by atoms with Gasteiger partial charge in [-0.15, -0.1) is 46.4 Å². The molecule has 0 spiro atoms. The minimum Gasteiger partial charge on any atom is -0.227 e. The van der Waals surface area contributed by atoms with Gasteiger partial charge in [-0.25, -0.2) is 33.7 Å². The van der Waals surface area contributed by atoms with Crippen LogP contribution in [-0.4, -0.2) is 75.5 Å². The van der Waals surface area contributed by atoms with Gasteiger partial charge in [-0.1, -0.05) is 24.3 Å². The number of rotatable bonds is 8. The first-order valence-electron chi connectivity index (χ1n) is 10.1. The summed E-state index contributed by atoms with van der Waals surface area (Å²) in [5.41, 5.74) is 0. The molecule has 0 unspecified atom stereocenters. The molecule has 0 saturated heterocycles. The molecule has 16 heteroatoms. The lowest BCUT2D eigenvalue weighted by Crippen LogP contribution is -2.43. The zero-order valence-electron chi connectivity index (χ0n) is 17.6. The second-order valence-electron chi connectivity index (χ2n) is 8.84. The van der Waals surface area contributed by atoms with E-state index in [1.54, 1.807) is 24.3 Å². The van der Waals surface area contributed by atoms with Crippen molar-refractivity contribution in [1.29, 1.82) is 0 Å². The van der Waals surface area contributed by atoms with Gasteiger partial charge in [-0.2, -0.15) is 0 Å². The summed E-state index contributed by atoms with van der Waals surface area (Å²) in [6.45, 7) is 0. The van der Waals surface area contributed by atoms with E-state index in [4.69, 9.17) is 46.4 Å². The third-order valence-electron chi connectivity index (χ3n) is 6.90. The van der Waals surface area contributed by atoms with E-state index in [0.717, 1.165) is 0 Å². The van der Waals surface area contributed by atoms with E-state index < -0.39 is 81.2 Å². The number of hydrogen-bond acceptors (Lipinski definition) is 8. The molecule has 0 N–H and O–H groups in total. The van der Waals surface area contributed by atoms with E-state index in [-0.39, 0.29) is 23.7 Å². The normalized spacial score (nSPS) is 36.6. The van der Waals surface area contributed by atoms with E-state index >= 15 is 0 Å². The summed E-state index contributed by atoms with van der Waals surface area (Å²) in [6.07, 6.45) is 8.22. The van der Waals surface area contributed by atoms with E-state index in [1.165, 1.54) is 0 Å². The molecule has 0 amide bonds. The second kappa shape index (κ2) is 10.3. The number of alkyl halides is 4. The third kappa shape index (κ3) is 5.21. The van der Waals surface area contributed by atoms with Crippen LogP contribution in [0.25, 0.3) is 0 Å². The Morgan fingerprint density at radius 1 is 0.441 bits per heavy atom. The fourth-order valence-corrected chi connectivity index (χ4v) is 15.4. The van der Waals surface area contributed by atoms with Crippen LogP contribution >= 0.6 is 46.4 Å². The minimum absolute atomic E-state index is 0.244. The first kappa shape index (κ1) is 29.0. The topological polar surface area (TPSA) is 137 Å². The molecule has 4 rings (SSSR count). The summed E-state index contributed by atoms with van der Waals surface area (Å²) in [5, 5.41) is -5.94. The zero-order chi connectivity index (χ0) is 25.7. The highest BCUT2D eigenvalue weighted by Gasteiger charge is 2.56. The van der Waals surface area contributed by atoms with E-state index in [9.17, 15) is 33.7 Å². The summed E-state index contributed by atoms with van der Waals surface area (Å²) in [6, 6.07) is 0. The Bertz CT molecular complexity index is 1080. The lowest BCUT2D eigenvalue weighted by molar-refractivity contribution is 0.545. The summed E-state index contributed by atoms with van der Waals surface area (Å²) >= 11 is 21.7. The molecule has 8 atom stereocenters. The van der Waals surface area contributed by atoms with E-state index in [1.807, 2.05) is 0 Å². The Morgan fingerprint density at radius 3 is 0.765 bits per heavy atom. The lowest BCUT2D eigenvalue weighted by atomic mass is 10.1. The Kier molecular flexibility index (Phi) is 8.79. The average molecular weight is 638 g/mol. The molecule has 0 aromatic rings. The SMILES string of the molecule is O=S(=O)(CCl)[C@@H]1[C@@H](S(=O)(=O)CCl)[C@H]2C=C[C@@H]1C2.O=S(=O)(CCl)[C@H]1[C@H](S(=O)(=O)CCl)[C@H]2C=C[C@@H]1C2. The number of sulfone groups is 4. The first-order valence-corrected chi connectivity index (χ1v) is 19.1. The number of halogens is 4. The Morgan fingerprint density at radius 2 is 0.618 bits per heavy atom. The van der Waals surface area contributed by atoms with E-state index in [0.29, 0.717) is 12.8 Å². The van der Waals surface area contributed by atoms with Gasteiger partial charge in [0, 0.05) is 0 Å². The van der Waals surface area contributed by atoms with Gasteiger partial charge >= 0.3 is 0 Å². The molecule has 4 aliphatic rings. The van der Waals surface area contributed by atoms with Crippen LogP contribution in [0.2, 0.25) is 0 Å². The molecule has 0 aromatic carbocycles. The fraction of sp³-hybridized carbons (Fsp3) is 0.778. The van der Waals surface area contributed by atoms with Gasteiger partial charge < -0.3 is 0 Å². The quantitative estimate of drug-likeness (QED) is 0.292. The summed E-state index contributed by atoms with van der Waals surface area (Å²) in [7, 11) is -14.4. The molecule has 196 valence electrons. The maximum atomic E-state index is 11.9. The Labute approximate surface area is 220 Å². The van der Waals surface area contributed by atoms with Crippen molar-refractivity contribution in [3.8, 4) is 0 Å². The molecular formula is C18H24Cl4O8S4. The first-order chi connectivity index (χ1) is 15.7. The van der Waals surface area contributed by atoms with Crippen molar-refractivity contribution >= 4 is 85.8 Å². The van der Waals surface area contributed by atoms with Crippen molar-refractivity contribution in [3.63, 3.8) is 0 Å². The van der Waals surface area contributed by atoms with Crippen LogP contribution in [0.5, 0.6) is 0 Å². The van der Waals surface area contributed by atoms with Crippen molar-refractivity contribution in [2.75, 3.05) is 20.8 Å². The predicted molar refractivity (Wildman–Crippen MR) is 135 cm³/mol. The maximum absolute atomic E-state index is 11.9. The minimum atomic E-state index is -3.59. The van der Waals surface area contributed by atoms with Crippen LogP contribution in [0.1, 0.15) is 12.8 Å². The summed E-state index contributed by atoms with van der Waals surface area (Å²) in [5.74, 6) is -0.975. The van der Waals surface area contributed by atoms with Crippen molar-refractivity contribution in [1.82, 2.24) is 0 Å². The van der Waals surface area contributed by atoms with Crippen LogP contribution in [0, 0.1) is 23.7 Å². The highest BCUT2D eigenvalue weighted by atomic mass is 35.5. The number of allylic oxidation sites excluding steroid dienone is 4. The smallest absolute Gasteiger partial charge is 0.168 e. The Hall–Kier alpha value is 0.440. The van der Waals surface area contributed by atoms with Gasteiger partial charge in [-0.3, -0.25) is 0 Å². The molecule has 0 aromatic heterocycles. The maximum Gasteiger partial charge on any atom is 0.168 e. The molecular weight excluding hydrogens is 614 g/mol. The van der Waals surface area contributed by atoms with Gasteiger partial charge in [0.2, 0.25) is 0 Å². The molecule has 8 nitrogen and oxygen atoms in total. The molecule has 4 aliphatic carbocycles. The van der Waals surface area contributed by atoms with Crippen molar-refractivity contribution in [2.45, 2.75) is 33.8 Å². The highest BCUT2D eigenvalue weighted by molar-refractivity contribution is 7.97. The molecule has 4 bridgehead atoms. The number of fused-ring (bicyclic) bond motifs is 4. The summed E-state index contributed by atoms with van der Waals surface area (Å²) in [4.78, 5) is 0. The van der Waals surface area contributed by atoms with Gasteiger partial charge in [0.1, 0.15) is 20.8 Å². The highest BCUT2D eigenvalue weighted by Crippen LogP contribution is 2.47. The van der Waals surface area contributed by atoms with Crippen molar-refractivity contribution in [2.24, 2.45) is 23.7 Å². The molecule has 2 saturated carbocycles. The lowest BCUT2D eigenvalue weighted by Gasteiger charge is -2.26. The van der Waals surface area contributed by atoms with Gasteiger partial charge in [0.05, 0.1) is 21.0 Å². The van der Waals surface area contributed by atoms with Crippen LogP contribution < -0.4 is 0 Å². The Balaban J connectivity index is 0.000000191. The van der Waals surface area contributed by atoms with Crippen molar-refractivity contribution in [3.05, 3.63) is 24.3 Å². The molecule has 2 fully saturated rings. The average Bonchev–Trinajstić information content (AvgIpc) is 3.59. The van der Waals surface area contributed by atoms with Crippen LogP contribution in [-0.2, 0) is 39.3 Å². The van der Waals surface area contributed by atoms with Crippen molar-refractivity contribution < 1.29 is 33.7 Å². The number of hydrogen-bond donors (Lipinski definition) is 0. The van der Waals surface area contributed by atoms with Gasteiger partial charge in [-0.05, 0) is 36.5 Å². The molecule has 0 radical (unpaired) electrons. The van der Waals surface area contributed by atoms with Crippen LogP contribution in [0.15, 0.2) is 24.3 Å².